The fourth-order valence-corrected chi connectivity index (χ4v) is 3.76. The molecule has 1 nitrogen and oxygen atoms in total. The molecular weight excluding hydrogens is 350 g/mol. The smallest absolute Gasteiger partial charge is 0.0375 e. The lowest BCUT2D eigenvalue weighted by molar-refractivity contribution is 0.874. The SMILES string of the molecule is C=C/C=C\CC1=C/C2=C/C=C\CNC(/C=C\C=C)=C(/C)C(=C1)C2c1ccccc1. The van der Waals surface area contributed by atoms with Crippen molar-refractivity contribution in [2.45, 2.75) is 19.3 Å². The zero-order valence-corrected chi connectivity index (χ0v) is 17.1. The van der Waals surface area contributed by atoms with Gasteiger partial charge in [0.05, 0.1) is 0 Å². The van der Waals surface area contributed by atoms with Crippen molar-refractivity contribution in [2.24, 2.45) is 0 Å². The van der Waals surface area contributed by atoms with Crippen LogP contribution in [0.2, 0.25) is 0 Å². The highest BCUT2D eigenvalue weighted by Gasteiger charge is 2.26. The second-order valence-corrected chi connectivity index (χ2v) is 7.14. The number of hydrogen-bond acceptors (Lipinski definition) is 1. The van der Waals surface area contributed by atoms with Gasteiger partial charge in [0.1, 0.15) is 0 Å². The van der Waals surface area contributed by atoms with Crippen LogP contribution in [0.15, 0.2) is 138 Å². The van der Waals surface area contributed by atoms with Crippen LogP contribution in [-0.2, 0) is 0 Å². The summed E-state index contributed by atoms with van der Waals surface area (Å²) in [7, 11) is 0. The van der Waals surface area contributed by atoms with Gasteiger partial charge in [-0.3, -0.25) is 0 Å². The number of fused-ring (bicyclic) bond motifs is 2. The van der Waals surface area contributed by atoms with Crippen LogP contribution in [0.3, 0.4) is 0 Å². The Morgan fingerprint density at radius 3 is 2.62 bits per heavy atom. The summed E-state index contributed by atoms with van der Waals surface area (Å²) >= 11 is 0. The molecule has 0 amide bonds. The summed E-state index contributed by atoms with van der Waals surface area (Å²) in [5.41, 5.74) is 7.65. The van der Waals surface area contributed by atoms with Crippen molar-refractivity contribution in [3.8, 4) is 0 Å². The lowest BCUT2D eigenvalue weighted by Gasteiger charge is -2.29. The fourth-order valence-electron chi connectivity index (χ4n) is 3.76. The summed E-state index contributed by atoms with van der Waals surface area (Å²) in [6, 6.07) is 10.8. The van der Waals surface area contributed by atoms with Gasteiger partial charge in [-0.1, -0.05) is 104 Å². The van der Waals surface area contributed by atoms with Crippen LogP contribution in [0.4, 0.5) is 0 Å². The molecule has 1 aliphatic heterocycles. The third kappa shape index (κ3) is 5.14. The van der Waals surface area contributed by atoms with E-state index in [0.29, 0.717) is 0 Å². The molecule has 0 saturated heterocycles. The van der Waals surface area contributed by atoms with Gasteiger partial charge in [-0.25, -0.2) is 0 Å². The summed E-state index contributed by atoms with van der Waals surface area (Å²) in [5.74, 6) is 0.208. The van der Waals surface area contributed by atoms with Gasteiger partial charge in [-0.05, 0) is 47.3 Å². The van der Waals surface area contributed by atoms with Gasteiger partial charge in [-0.2, -0.15) is 0 Å². The molecule has 1 aromatic carbocycles. The average Bonchev–Trinajstić information content (AvgIpc) is 2.75. The van der Waals surface area contributed by atoms with Crippen molar-refractivity contribution < 1.29 is 0 Å². The van der Waals surface area contributed by atoms with E-state index in [1.165, 1.54) is 27.9 Å². The monoisotopic (exact) mass is 379 g/mol. The van der Waals surface area contributed by atoms with E-state index in [0.717, 1.165) is 18.7 Å². The summed E-state index contributed by atoms with van der Waals surface area (Å²) in [6.45, 7) is 10.6. The summed E-state index contributed by atoms with van der Waals surface area (Å²) in [6.07, 6.45) is 24.1. The standard InChI is InChI=1S/C28H29N/c1-4-6-9-14-23-20-25-17-12-13-19-29-27(18-7-5-2)22(3)26(21-23)28(25)24-15-10-8-11-16-24/h4-13,15-18,20-21,28-29H,1-2,14,19H2,3H3/b9-6-,13-12-,18-7-,25-17-,27-22-. The van der Waals surface area contributed by atoms with Crippen LogP contribution in [0.1, 0.15) is 24.8 Å². The molecule has 0 fully saturated rings. The molecule has 1 aromatic rings. The number of benzene rings is 1. The molecular formula is C28H29N. The van der Waals surface area contributed by atoms with E-state index in [9.17, 15) is 0 Å². The second kappa shape index (κ2) is 10.3. The van der Waals surface area contributed by atoms with E-state index in [1.807, 2.05) is 24.3 Å². The highest BCUT2D eigenvalue weighted by molar-refractivity contribution is 5.59. The molecule has 1 heteroatoms. The van der Waals surface area contributed by atoms with E-state index in [1.54, 1.807) is 0 Å². The Hall–Kier alpha value is -3.32. The molecule has 1 aliphatic carbocycles. The first-order valence-corrected chi connectivity index (χ1v) is 10.1. The number of hydrogen-bond donors (Lipinski definition) is 1. The first kappa shape index (κ1) is 20.4. The van der Waals surface area contributed by atoms with E-state index in [2.05, 4.69) is 98.3 Å². The minimum Gasteiger partial charge on any atom is -0.381 e. The van der Waals surface area contributed by atoms with Crippen LogP contribution >= 0.6 is 0 Å². The number of allylic oxidation sites excluding steroid dienone is 14. The molecule has 2 bridgehead atoms. The quantitative estimate of drug-likeness (QED) is 0.532. The Morgan fingerprint density at radius 2 is 1.86 bits per heavy atom. The molecule has 146 valence electrons. The van der Waals surface area contributed by atoms with Crippen LogP contribution in [0.25, 0.3) is 0 Å². The van der Waals surface area contributed by atoms with E-state index in [-0.39, 0.29) is 5.92 Å². The first-order chi connectivity index (χ1) is 14.2. The zero-order valence-electron chi connectivity index (χ0n) is 17.1. The Kier molecular flexibility index (Phi) is 7.24. The molecule has 1 heterocycles. The van der Waals surface area contributed by atoms with Gasteiger partial charge >= 0.3 is 0 Å². The predicted octanol–water partition coefficient (Wildman–Crippen LogP) is 6.87. The Balaban J connectivity index is 2.20. The molecule has 0 radical (unpaired) electrons. The Morgan fingerprint density at radius 1 is 1.07 bits per heavy atom. The second-order valence-electron chi connectivity index (χ2n) is 7.14. The van der Waals surface area contributed by atoms with Crippen molar-refractivity contribution >= 4 is 0 Å². The molecule has 0 aromatic heterocycles. The average molecular weight is 380 g/mol. The van der Waals surface area contributed by atoms with Crippen molar-refractivity contribution in [2.75, 3.05) is 6.54 Å². The van der Waals surface area contributed by atoms with Gasteiger partial charge in [0, 0.05) is 18.2 Å². The third-order valence-electron chi connectivity index (χ3n) is 5.17. The number of rotatable bonds is 6. The summed E-state index contributed by atoms with van der Waals surface area (Å²) in [4.78, 5) is 0. The maximum Gasteiger partial charge on any atom is 0.0375 e. The molecule has 2 aliphatic rings. The molecule has 1 N–H and O–H groups in total. The highest BCUT2D eigenvalue weighted by atomic mass is 14.9. The van der Waals surface area contributed by atoms with E-state index < -0.39 is 0 Å². The van der Waals surface area contributed by atoms with Crippen molar-refractivity contribution in [1.82, 2.24) is 5.32 Å². The topological polar surface area (TPSA) is 12.0 Å². The maximum absolute atomic E-state index is 3.82. The zero-order chi connectivity index (χ0) is 20.5. The molecule has 1 unspecified atom stereocenters. The van der Waals surface area contributed by atoms with Crippen LogP contribution in [-0.4, -0.2) is 6.54 Å². The number of nitrogens with one attached hydrogen (secondary N) is 1. The molecule has 0 saturated carbocycles. The lowest BCUT2D eigenvalue weighted by Crippen LogP contribution is -2.18. The van der Waals surface area contributed by atoms with Gasteiger partial charge < -0.3 is 5.32 Å². The normalized spacial score (nSPS) is 24.9. The minimum absolute atomic E-state index is 0.208. The fraction of sp³-hybridized carbons (Fsp3) is 0.143. The first-order valence-electron chi connectivity index (χ1n) is 10.1. The van der Waals surface area contributed by atoms with Gasteiger partial charge in [0.2, 0.25) is 0 Å². The Bertz CT molecular complexity index is 959. The van der Waals surface area contributed by atoms with Crippen LogP contribution in [0, 0.1) is 0 Å². The predicted molar refractivity (Wildman–Crippen MR) is 127 cm³/mol. The lowest BCUT2D eigenvalue weighted by atomic mass is 9.75. The van der Waals surface area contributed by atoms with Gasteiger partial charge in [0.25, 0.3) is 0 Å². The van der Waals surface area contributed by atoms with Crippen molar-refractivity contribution in [1.29, 1.82) is 0 Å². The molecule has 1 atom stereocenters. The van der Waals surface area contributed by atoms with Crippen molar-refractivity contribution in [3.63, 3.8) is 0 Å². The van der Waals surface area contributed by atoms with Gasteiger partial charge in [-0.15, -0.1) is 0 Å². The third-order valence-corrected chi connectivity index (χ3v) is 5.17. The summed E-state index contributed by atoms with van der Waals surface area (Å²) in [5, 5.41) is 3.56. The molecule has 3 rings (SSSR count). The molecule has 0 spiro atoms. The van der Waals surface area contributed by atoms with Gasteiger partial charge in [0.15, 0.2) is 0 Å². The largest absolute Gasteiger partial charge is 0.381 e. The van der Waals surface area contributed by atoms with E-state index in [4.69, 9.17) is 0 Å². The van der Waals surface area contributed by atoms with Crippen LogP contribution in [0.5, 0.6) is 0 Å². The van der Waals surface area contributed by atoms with Crippen molar-refractivity contribution in [3.05, 3.63) is 144 Å². The maximum atomic E-state index is 3.82. The minimum atomic E-state index is 0.208. The summed E-state index contributed by atoms with van der Waals surface area (Å²) < 4.78 is 0. The van der Waals surface area contributed by atoms with E-state index >= 15 is 0 Å². The van der Waals surface area contributed by atoms with Crippen LogP contribution < -0.4 is 5.32 Å². The Labute approximate surface area is 175 Å². The molecule has 29 heavy (non-hydrogen) atoms. The highest BCUT2D eigenvalue weighted by Crippen LogP contribution is 2.42.